The van der Waals surface area contributed by atoms with Crippen LogP contribution >= 0.6 is 0 Å². The second kappa shape index (κ2) is 7.36. The largest absolute Gasteiger partial charge is 0.444 e. The van der Waals surface area contributed by atoms with Gasteiger partial charge in [-0.3, -0.25) is 0 Å². The summed E-state index contributed by atoms with van der Waals surface area (Å²) in [6.45, 7) is 6.82. The van der Waals surface area contributed by atoms with Crippen LogP contribution in [0.1, 0.15) is 69.1 Å². The van der Waals surface area contributed by atoms with Crippen LogP contribution in [-0.2, 0) is 17.3 Å². The Morgan fingerprint density at radius 1 is 1.11 bits per heavy atom. The van der Waals surface area contributed by atoms with Gasteiger partial charge in [0.05, 0.1) is 5.56 Å². The molecule has 1 heterocycles. The molecule has 0 bridgehead atoms. The van der Waals surface area contributed by atoms with Gasteiger partial charge in [-0.2, -0.15) is 13.2 Å². The van der Waals surface area contributed by atoms with Crippen molar-refractivity contribution < 1.29 is 22.7 Å². The van der Waals surface area contributed by atoms with Crippen molar-refractivity contribution in [3.05, 3.63) is 34.9 Å². The lowest BCUT2D eigenvalue weighted by Gasteiger charge is -2.33. The molecule has 3 rings (SSSR count). The number of halogens is 3. The highest BCUT2D eigenvalue weighted by Gasteiger charge is 2.34. The molecule has 6 heteroatoms. The van der Waals surface area contributed by atoms with E-state index in [1.807, 2.05) is 20.8 Å². The van der Waals surface area contributed by atoms with Crippen molar-refractivity contribution >= 4 is 6.09 Å². The highest BCUT2D eigenvalue weighted by Crippen LogP contribution is 2.44. The first-order valence-corrected chi connectivity index (χ1v) is 9.71. The third-order valence-corrected chi connectivity index (χ3v) is 5.27. The lowest BCUT2D eigenvalue weighted by molar-refractivity contribution is -0.137. The first-order chi connectivity index (χ1) is 12.5. The number of piperidine rings is 1. The smallest absolute Gasteiger partial charge is 0.416 e. The Morgan fingerprint density at radius 2 is 1.74 bits per heavy atom. The van der Waals surface area contributed by atoms with Crippen LogP contribution in [0, 0.1) is 5.92 Å². The van der Waals surface area contributed by atoms with Gasteiger partial charge in [-0.1, -0.05) is 6.07 Å². The van der Waals surface area contributed by atoms with Gasteiger partial charge in [0.25, 0.3) is 0 Å². The van der Waals surface area contributed by atoms with E-state index >= 15 is 0 Å². The molecule has 0 aromatic heterocycles. The van der Waals surface area contributed by atoms with E-state index in [1.165, 1.54) is 12.1 Å². The lowest BCUT2D eigenvalue weighted by atomic mass is 9.87. The Bertz CT molecular complexity index is 682. The number of amides is 1. The normalized spacial score (nSPS) is 19.3. The first-order valence-electron chi connectivity index (χ1n) is 9.71. The minimum Gasteiger partial charge on any atom is -0.444 e. The molecule has 1 aliphatic heterocycles. The Labute approximate surface area is 158 Å². The molecule has 2 aliphatic rings. The van der Waals surface area contributed by atoms with Crippen LogP contribution < -0.4 is 0 Å². The number of alkyl halides is 3. The van der Waals surface area contributed by atoms with Crippen LogP contribution in [0.25, 0.3) is 0 Å². The number of carbonyl (C=O) groups is 1. The monoisotopic (exact) mass is 383 g/mol. The van der Waals surface area contributed by atoms with Crippen molar-refractivity contribution in [2.45, 2.75) is 70.6 Å². The summed E-state index contributed by atoms with van der Waals surface area (Å²) in [6.07, 6.45) is -0.132. The average molecular weight is 383 g/mol. The zero-order valence-electron chi connectivity index (χ0n) is 16.2. The number of ether oxygens (including phenoxy) is 1. The number of benzene rings is 1. The summed E-state index contributed by atoms with van der Waals surface area (Å²) in [4.78, 5) is 13.9. The van der Waals surface area contributed by atoms with Crippen molar-refractivity contribution in [1.29, 1.82) is 0 Å². The number of hydrogen-bond acceptors (Lipinski definition) is 2. The summed E-state index contributed by atoms with van der Waals surface area (Å²) in [5, 5.41) is 0. The molecule has 1 saturated carbocycles. The van der Waals surface area contributed by atoms with Crippen molar-refractivity contribution in [3.8, 4) is 0 Å². The Hall–Kier alpha value is -1.72. The number of hydrogen-bond donors (Lipinski definition) is 0. The van der Waals surface area contributed by atoms with Crippen LogP contribution in [0.4, 0.5) is 18.0 Å². The summed E-state index contributed by atoms with van der Waals surface area (Å²) in [6, 6.07) is 4.22. The fraction of sp³-hybridized carbons (Fsp3) is 0.667. The molecular formula is C21H28F3NO2. The molecule has 0 spiro atoms. The zero-order chi connectivity index (χ0) is 19.8. The van der Waals surface area contributed by atoms with E-state index in [4.69, 9.17) is 4.74 Å². The zero-order valence-corrected chi connectivity index (χ0v) is 16.2. The van der Waals surface area contributed by atoms with Crippen LogP contribution in [0.2, 0.25) is 0 Å². The van der Waals surface area contributed by atoms with E-state index in [1.54, 1.807) is 11.0 Å². The van der Waals surface area contributed by atoms with Gasteiger partial charge in [0.15, 0.2) is 0 Å². The minimum atomic E-state index is -4.29. The maximum absolute atomic E-state index is 13.0. The van der Waals surface area contributed by atoms with Gasteiger partial charge in [0.2, 0.25) is 0 Å². The Morgan fingerprint density at radius 3 is 2.26 bits per heavy atom. The lowest BCUT2D eigenvalue weighted by Crippen LogP contribution is -2.42. The molecule has 0 atom stereocenters. The standard InChI is InChI=1S/C21H28F3NO2/c1-20(2,3)27-19(26)25-10-8-14(9-11-25)12-16-6-7-17(21(22,23)24)13-18(16)15-4-5-15/h6-7,13-15H,4-5,8-12H2,1-3H3. The van der Waals surface area contributed by atoms with Gasteiger partial charge in [-0.15, -0.1) is 0 Å². The fourth-order valence-electron chi connectivity index (χ4n) is 3.69. The van der Waals surface area contributed by atoms with Crippen LogP contribution in [0.3, 0.4) is 0 Å². The Balaban J connectivity index is 1.61. The topological polar surface area (TPSA) is 29.5 Å². The van der Waals surface area contributed by atoms with E-state index in [9.17, 15) is 18.0 Å². The second-order valence-corrected chi connectivity index (χ2v) is 8.80. The van der Waals surface area contributed by atoms with Gasteiger partial charge < -0.3 is 9.64 Å². The van der Waals surface area contributed by atoms with Gasteiger partial charge >= 0.3 is 12.3 Å². The van der Waals surface area contributed by atoms with Gasteiger partial charge in [0, 0.05) is 13.1 Å². The molecule has 1 aromatic rings. The SMILES string of the molecule is CC(C)(C)OC(=O)N1CCC(Cc2ccc(C(F)(F)F)cc2C2CC2)CC1. The predicted octanol–water partition coefficient (Wildman–Crippen LogP) is 5.77. The molecule has 3 nitrogen and oxygen atoms in total. The quantitative estimate of drug-likeness (QED) is 0.663. The van der Waals surface area contributed by atoms with Crippen molar-refractivity contribution in [3.63, 3.8) is 0 Å². The number of nitrogens with zero attached hydrogens (tertiary/aromatic N) is 1. The summed E-state index contributed by atoms with van der Waals surface area (Å²) >= 11 is 0. The van der Waals surface area contributed by atoms with E-state index in [2.05, 4.69) is 0 Å². The second-order valence-electron chi connectivity index (χ2n) is 8.80. The summed E-state index contributed by atoms with van der Waals surface area (Å²) in [5.41, 5.74) is 0.862. The minimum absolute atomic E-state index is 0.282. The molecular weight excluding hydrogens is 355 g/mol. The van der Waals surface area contributed by atoms with Crippen molar-refractivity contribution in [2.75, 3.05) is 13.1 Å². The highest BCUT2D eigenvalue weighted by atomic mass is 19.4. The highest BCUT2D eigenvalue weighted by molar-refractivity contribution is 5.68. The van der Waals surface area contributed by atoms with Gasteiger partial charge in [-0.25, -0.2) is 4.79 Å². The summed E-state index contributed by atoms with van der Waals surface area (Å²) in [7, 11) is 0. The molecule has 1 saturated heterocycles. The third kappa shape index (κ3) is 5.39. The number of rotatable bonds is 3. The number of likely N-dealkylation sites (tertiary alicyclic amines) is 1. The summed E-state index contributed by atoms with van der Waals surface area (Å²) < 4.78 is 44.5. The van der Waals surface area contributed by atoms with Crippen molar-refractivity contribution in [2.24, 2.45) is 5.92 Å². The molecule has 0 unspecified atom stereocenters. The number of carbonyl (C=O) groups excluding carboxylic acids is 1. The molecule has 150 valence electrons. The maximum atomic E-state index is 13.0. The maximum Gasteiger partial charge on any atom is 0.416 e. The van der Waals surface area contributed by atoms with Crippen LogP contribution in [0.5, 0.6) is 0 Å². The molecule has 27 heavy (non-hydrogen) atoms. The third-order valence-electron chi connectivity index (χ3n) is 5.27. The van der Waals surface area contributed by atoms with Crippen molar-refractivity contribution in [1.82, 2.24) is 4.90 Å². The molecule has 1 aliphatic carbocycles. The molecule has 2 fully saturated rings. The molecule has 0 N–H and O–H groups in total. The first kappa shape index (κ1) is 20.0. The predicted molar refractivity (Wildman–Crippen MR) is 97.7 cm³/mol. The van der Waals surface area contributed by atoms with Gasteiger partial charge in [-0.05, 0) is 88.0 Å². The fourth-order valence-corrected chi connectivity index (χ4v) is 3.69. The van der Waals surface area contributed by atoms with E-state index in [0.717, 1.165) is 43.2 Å². The van der Waals surface area contributed by atoms with Crippen LogP contribution in [0.15, 0.2) is 18.2 Å². The van der Waals surface area contributed by atoms with Crippen LogP contribution in [-0.4, -0.2) is 29.7 Å². The van der Waals surface area contributed by atoms with E-state index in [-0.39, 0.29) is 12.0 Å². The van der Waals surface area contributed by atoms with E-state index in [0.29, 0.717) is 19.0 Å². The van der Waals surface area contributed by atoms with E-state index < -0.39 is 17.3 Å². The molecule has 1 amide bonds. The average Bonchev–Trinajstić information content (AvgIpc) is 3.38. The summed E-state index contributed by atoms with van der Waals surface area (Å²) in [5.74, 6) is 0.669. The molecule has 1 aromatic carbocycles. The molecule has 0 radical (unpaired) electrons. The Kier molecular flexibility index (Phi) is 5.46. The van der Waals surface area contributed by atoms with Gasteiger partial charge in [0.1, 0.15) is 5.60 Å².